The number of hydrogen-bond donors (Lipinski definition) is 0. The molecular formula is C15H21ClO4. The van der Waals surface area contributed by atoms with Crippen LogP contribution in [0.4, 0.5) is 0 Å². The third-order valence-electron chi connectivity index (χ3n) is 3.44. The monoisotopic (exact) mass is 300 g/mol. The first-order chi connectivity index (χ1) is 9.20. The summed E-state index contributed by atoms with van der Waals surface area (Å²) in [6, 6.07) is 0. The van der Waals surface area contributed by atoms with Crippen molar-refractivity contribution in [2.24, 2.45) is 10.8 Å². The smallest absolute Gasteiger partial charge is 0.333 e. The summed E-state index contributed by atoms with van der Waals surface area (Å²) in [5, 5.41) is 0. The second kappa shape index (κ2) is 6.00. The summed E-state index contributed by atoms with van der Waals surface area (Å²) in [5.41, 5.74) is 0.108. The number of rotatable bonds is 3. The molecule has 1 aliphatic carbocycles. The molecular weight excluding hydrogens is 280 g/mol. The summed E-state index contributed by atoms with van der Waals surface area (Å²) in [6.45, 7) is 6.07. The van der Waals surface area contributed by atoms with Crippen molar-refractivity contribution < 1.29 is 19.1 Å². The van der Waals surface area contributed by atoms with E-state index in [1.165, 1.54) is 14.2 Å². The van der Waals surface area contributed by atoms with Gasteiger partial charge >= 0.3 is 11.9 Å². The molecule has 0 saturated carbocycles. The van der Waals surface area contributed by atoms with E-state index in [9.17, 15) is 9.59 Å². The molecule has 0 saturated heterocycles. The molecule has 0 heterocycles. The van der Waals surface area contributed by atoms with Gasteiger partial charge in [0.05, 0.1) is 14.2 Å². The molecule has 0 aliphatic heterocycles. The Kier molecular flexibility index (Phi) is 5.03. The Bertz CT molecular complexity index is 471. The van der Waals surface area contributed by atoms with Crippen LogP contribution in [0.25, 0.3) is 0 Å². The van der Waals surface area contributed by atoms with Gasteiger partial charge in [0.25, 0.3) is 0 Å². The predicted molar refractivity (Wildman–Crippen MR) is 77.4 cm³/mol. The lowest BCUT2D eigenvalue weighted by Crippen LogP contribution is -2.35. The molecule has 4 nitrogen and oxygen atoms in total. The highest BCUT2D eigenvalue weighted by molar-refractivity contribution is 6.20. The van der Waals surface area contributed by atoms with E-state index in [-0.39, 0.29) is 11.3 Å². The van der Waals surface area contributed by atoms with Crippen LogP contribution in [0.3, 0.4) is 0 Å². The van der Waals surface area contributed by atoms with E-state index in [4.69, 9.17) is 21.1 Å². The molecule has 1 unspecified atom stereocenters. The van der Waals surface area contributed by atoms with Crippen molar-refractivity contribution in [1.82, 2.24) is 0 Å². The Morgan fingerprint density at radius 2 is 1.85 bits per heavy atom. The van der Waals surface area contributed by atoms with Crippen molar-refractivity contribution >= 4 is 23.5 Å². The summed E-state index contributed by atoms with van der Waals surface area (Å²) in [5.74, 6) is -0.909. The van der Waals surface area contributed by atoms with Crippen molar-refractivity contribution in [2.75, 3.05) is 20.1 Å². The zero-order valence-electron chi connectivity index (χ0n) is 12.6. The van der Waals surface area contributed by atoms with E-state index in [0.29, 0.717) is 12.0 Å². The van der Waals surface area contributed by atoms with Crippen LogP contribution in [0.5, 0.6) is 0 Å². The van der Waals surface area contributed by atoms with Gasteiger partial charge < -0.3 is 9.47 Å². The molecule has 1 atom stereocenters. The van der Waals surface area contributed by atoms with Crippen LogP contribution < -0.4 is 0 Å². The lowest BCUT2D eigenvalue weighted by atomic mass is 9.72. The van der Waals surface area contributed by atoms with E-state index < -0.39 is 17.4 Å². The maximum atomic E-state index is 12.1. The van der Waals surface area contributed by atoms with E-state index in [1.807, 2.05) is 26.8 Å². The van der Waals surface area contributed by atoms with Gasteiger partial charge in [-0.1, -0.05) is 38.5 Å². The van der Waals surface area contributed by atoms with Crippen LogP contribution in [0, 0.1) is 10.8 Å². The standard InChI is InChI=1S/C15H21ClO4/c1-14(2,3)11-6-10(12(17)19-4)7-15(8-11,9-16)13(18)20-5/h7-8H,6,9H2,1-5H3. The van der Waals surface area contributed by atoms with E-state index >= 15 is 0 Å². The molecule has 20 heavy (non-hydrogen) atoms. The lowest BCUT2D eigenvalue weighted by Gasteiger charge is -2.33. The first kappa shape index (κ1) is 16.8. The quantitative estimate of drug-likeness (QED) is 0.457. The third kappa shape index (κ3) is 3.23. The minimum Gasteiger partial charge on any atom is -0.468 e. The molecule has 1 rings (SSSR count). The van der Waals surface area contributed by atoms with Crippen molar-refractivity contribution in [1.29, 1.82) is 0 Å². The number of ether oxygens (including phenoxy) is 2. The van der Waals surface area contributed by atoms with Crippen LogP contribution in [0.2, 0.25) is 0 Å². The molecule has 0 aromatic rings. The Morgan fingerprint density at radius 1 is 1.25 bits per heavy atom. The molecule has 0 N–H and O–H groups in total. The average Bonchev–Trinajstić information content (AvgIpc) is 2.43. The maximum Gasteiger partial charge on any atom is 0.333 e. The normalized spacial score (nSPS) is 22.7. The Labute approximate surface area is 124 Å². The zero-order chi connectivity index (χ0) is 15.6. The van der Waals surface area contributed by atoms with E-state index in [1.54, 1.807) is 6.08 Å². The predicted octanol–water partition coefficient (Wildman–Crippen LogP) is 2.86. The molecule has 1 aliphatic rings. The number of methoxy groups -OCH3 is 2. The minimum atomic E-state index is -1.11. The van der Waals surface area contributed by atoms with Crippen molar-refractivity contribution in [2.45, 2.75) is 27.2 Å². The second-order valence-corrected chi connectivity index (χ2v) is 6.19. The second-order valence-electron chi connectivity index (χ2n) is 5.92. The SMILES string of the molecule is COC(=O)C1=CC(CCl)(C(=O)OC)C=C(C(C)(C)C)C1. The van der Waals surface area contributed by atoms with Gasteiger partial charge in [0.15, 0.2) is 0 Å². The minimum absolute atomic E-state index is 0.0136. The first-order valence-corrected chi connectivity index (χ1v) is 6.90. The lowest BCUT2D eigenvalue weighted by molar-refractivity contribution is -0.146. The van der Waals surface area contributed by atoms with Crippen LogP contribution in [0.15, 0.2) is 23.3 Å². The summed E-state index contributed by atoms with van der Waals surface area (Å²) < 4.78 is 9.61. The Balaban J connectivity index is 3.39. The zero-order valence-corrected chi connectivity index (χ0v) is 13.3. The van der Waals surface area contributed by atoms with Crippen molar-refractivity contribution in [3.8, 4) is 0 Å². The number of hydrogen-bond acceptors (Lipinski definition) is 4. The molecule has 0 fully saturated rings. The van der Waals surface area contributed by atoms with Gasteiger partial charge in [-0.05, 0) is 5.41 Å². The summed E-state index contributed by atoms with van der Waals surface area (Å²) >= 11 is 6.00. The number of esters is 2. The Morgan fingerprint density at radius 3 is 2.25 bits per heavy atom. The van der Waals surface area contributed by atoms with Gasteiger partial charge in [-0.2, -0.15) is 0 Å². The van der Waals surface area contributed by atoms with E-state index in [2.05, 4.69) is 0 Å². The topological polar surface area (TPSA) is 52.6 Å². The summed E-state index contributed by atoms with van der Waals surface area (Å²) in [4.78, 5) is 23.9. The van der Waals surface area contributed by atoms with Gasteiger partial charge in [0.1, 0.15) is 5.41 Å². The van der Waals surface area contributed by atoms with Crippen LogP contribution in [-0.4, -0.2) is 32.0 Å². The molecule has 0 spiro atoms. The highest BCUT2D eigenvalue weighted by atomic mass is 35.5. The van der Waals surface area contributed by atoms with Gasteiger partial charge in [-0.3, -0.25) is 4.79 Å². The van der Waals surface area contributed by atoms with E-state index in [0.717, 1.165) is 5.57 Å². The maximum absolute atomic E-state index is 12.1. The van der Waals surface area contributed by atoms with Gasteiger partial charge in [-0.15, -0.1) is 11.6 Å². The summed E-state index contributed by atoms with van der Waals surface area (Å²) in [7, 11) is 2.63. The number of halogens is 1. The molecule has 0 aromatic heterocycles. The van der Waals surface area contributed by atoms with Crippen LogP contribution in [0.1, 0.15) is 27.2 Å². The summed E-state index contributed by atoms with van der Waals surface area (Å²) in [6.07, 6.45) is 3.83. The molecule has 5 heteroatoms. The first-order valence-electron chi connectivity index (χ1n) is 6.37. The largest absolute Gasteiger partial charge is 0.468 e. The van der Waals surface area contributed by atoms with Crippen molar-refractivity contribution in [3.05, 3.63) is 23.3 Å². The molecule has 0 bridgehead atoms. The highest BCUT2D eigenvalue weighted by Crippen LogP contribution is 2.41. The number of alkyl halides is 1. The molecule has 0 aromatic carbocycles. The van der Waals surface area contributed by atoms with Gasteiger partial charge in [0.2, 0.25) is 0 Å². The molecule has 0 radical (unpaired) electrons. The fourth-order valence-electron chi connectivity index (χ4n) is 2.15. The molecule has 0 amide bonds. The van der Waals surface area contributed by atoms with Crippen molar-refractivity contribution in [3.63, 3.8) is 0 Å². The number of allylic oxidation sites excluding steroid dienone is 1. The van der Waals surface area contributed by atoms with Gasteiger partial charge in [-0.25, -0.2) is 4.79 Å². The number of carbonyl (C=O) groups is 2. The van der Waals surface area contributed by atoms with Crippen LogP contribution in [-0.2, 0) is 19.1 Å². The highest BCUT2D eigenvalue weighted by Gasteiger charge is 2.41. The van der Waals surface area contributed by atoms with Gasteiger partial charge in [0, 0.05) is 17.9 Å². The fourth-order valence-corrected chi connectivity index (χ4v) is 2.42. The Hall–Kier alpha value is -1.29. The average molecular weight is 301 g/mol. The fraction of sp³-hybridized carbons (Fsp3) is 0.600. The van der Waals surface area contributed by atoms with Crippen LogP contribution >= 0.6 is 11.6 Å². The number of carbonyl (C=O) groups excluding carboxylic acids is 2. The molecule has 112 valence electrons. The third-order valence-corrected chi connectivity index (χ3v) is 3.88.